The number of esters is 2. The van der Waals surface area contributed by atoms with Crippen LogP contribution < -0.4 is 9.47 Å². The Morgan fingerprint density at radius 1 is 1.17 bits per heavy atom. The third-order valence-electron chi connectivity index (χ3n) is 3.92. The molecule has 2 aromatic rings. The van der Waals surface area contributed by atoms with Gasteiger partial charge in [-0.2, -0.15) is 0 Å². The van der Waals surface area contributed by atoms with E-state index in [-0.39, 0.29) is 29.0 Å². The van der Waals surface area contributed by atoms with Crippen LogP contribution in [-0.2, 0) is 19.1 Å². The molecule has 9 heteroatoms. The fourth-order valence-corrected chi connectivity index (χ4v) is 3.07. The Balaban J connectivity index is 1.93. The lowest BCUT2D eigenvalue weighted by atomic mass is 10.1. The van der Waals surface area contributed by atoms with Gasteiger partial charge in [-0.05, 0) is 42.8 Å². The molecule has 0 aliphatic carbocycles. The second-order valence-electron chi connectivity index (χ2n) is 5.94. The van der Waals surface area contributed by atoms with E-state index in [2.05, 4.69) is 9.73 Å². The van der Waals surface area contributed by atoms with Crippen molar-refractivity contribution in [2.75, 3.05) is 20.3 Å². The summed E-state index contributed by atoms with van der Waals surface area (Å²) in [7, 11) is 1.25. The van der Waals surface area contributed by atoms with Gasteiger partial charge in [-0.15, -0.1) is 0 Å². The van der Waals surface area contributed by atoms with Crippen LogP contribution in [0.15, 0.2) is 47.1 Å². The number of rotatable bonds is 7. The zero-order valence-corrected chi connectivity index (χ0v) is 17.6. The monoisotopic (exact) mass is 449 g/mol. The predicted octanol–water partition coefficient (Wildman–Crippen LogP) is 4.29. The summed E-state index contributed by atoms with van der Waals surface area (Å²) >= 11 is 12.5. The summed E-state index contributed by atoms with van der Waals surface area (Å²) in [6.07, 6.45) is 1.50. The molecule has 0 N–H and O–H groups in total. The van der Waals surface area contributed by atoms with Crippen molar-refractivity contribution in [2.45, 2.75) is 6.92 Å². The first-order valence-corrected chi connectivity index (χ1v) is 9.62. The molecular weight excluding hydrogens is 433 g/mol. The molecule has 1 aliphatic rings. The van der Waals surface area contributed by atoms with Crippen LogP contribution in [0, 0.1) is 0 Å². The standard InChI is InChI=1S/C21H17Cl2NO6/c1-3-28-17-10-12(8-15(23)19(17)29-11-18(25)27-2)9-16-21(26)30-20(24-16)13-6-4-5-7-14(13)22/h4-10H,3,11H2,1-2H3/b16-9-. The van der Waals surface area contributed by atoms with Gasteiger partial charge in [-0.25, -0.2) is 14.6 Å². The maximum absolute atomic E-state index is 12.3. The summed E-state index contributed by atoms with van der Waals surface area (Å²) in [6, 6.07) is 10.1. The second kappa shape index (κ2) is 9.65. The van der Waals surface area contributed by atoms with Crippen LogP contribution in [0.25, 0.3) is 6.08 Å². The van der Waals surface area contributed by atoms with Gasteiger partial charge in [0.25, 0.3) is 0 Å². The van der Waals surface area contributed by atoms with Crippen LogP contribution in [0.5, 0.6) is 11.5 Å². The molecule has 7 nitrogen and oxygen atoms in total. The van der Waals surface area contributed by atoms with Crippen LogP contribution in [-0.4, -0.2) is 38.2 Å². The predicted molar refractivity (Wildman–Crippen MR) is 112 cm³/mol. The molecular formula is C21H17Cl2NO6. The van der Waals surface area contributed by atoms with E-state index in [4.69, 9.17) is 37.4 Å². The summed E-state index contributed by atoms with van der Waals surface area (Å²) in [4.78, 5) is 27.9. The van der Waals surface area contributed by atoms with E-state index in [1.165, 1.54) is 13.2 Å². The Hall–Kier alpha value is -3.03. The summed E-state index contributed by atoms with van der Waals surface area (Å²) < 4.78 is 20.8. The van der Waals surface area contributed by atoms with E-state index < -0.39 is 11.9 Å². The average Bonchev–Trinajstić information content (AvgIpc) is 3.07. The fraction of sp³-hybridized carbons (Fsp3) is 0.190. The van der Waals surface area contributed by atoms with Crippen LogP contribution >= 0.6 is 23.2 Å². The van der Waals surface area contributed by atoms with Gasteiger partial charge in [0.2, 0.25) is 5.90 Å². The third kappa shape index (κ3) is 4.93. The lowest BCUT2D eigenvalue weighted by Gasteiger charge is -2.13. The molecule has 0 amide bonds. The van der Waals surface area contributed by atoms with Gasteiger partial charge in [0.15, 0.2) is 23.8 Å². The van der Waals surface area contributed by atoms with Crippen LogP contribution in [0.2, 0.25) is 10.0 Å². The normalized spacial score (nSPS) is 14.3. The van der Waals surface area contributed by atoms with Crippen molar-refractivity contribution in [3.8, 4) is 11.5 Å². The Bertz CT molecular complexity index is 1050. The van der Waals surface area contributed by atoms with Gasteiger partial charge in [-0.3, -0.25) is 0 Å². The highest BCUT2D eigenvalue weighted by molar-refractivity contribution is 6.34. The molecule has 0 fully saturated rings. The molecule has 0 radical (unpaired) electrons. The molecule has 0 saturated heterocycles. The van der Waals surface area contributed by atoms with E-state index in [0.717, 1.165) is 0 Å². The van der Waals surface area contributed by atoms with Crippen LogP contribution in [0.1, 0.15) is 18.1 Å². The molecule has 0 spiro atoms. The summed E-state index contributed by atoms with van der Waals surface area (Å²) in [6.45, 7) is 1.80. The first-order valence-electron chi connectivity index (χ1n) is 8.86. The minimum absolute atomic E-state index is 0.0756. The van der Waals surface area contributed by atoms with Gasteiger partial charge in [0.05, 0.1) is 29.3 Å². The topological polar surface area (TPSA) is 83.4 Å². The molecule has 0 aromatic heterocycles. The lowest BCUT2D eigenvalue weighted by Crippen LogP contribution is -2.13. The van der Waals surface area contributed by atoms with Crippen molar-refractivity contribution in [2.24, 2.45) is 4.99 Å². The summed E-state index contributed by atoms with van der Waals surface area (Å²) in [5, 5.41) is 0.609. The zero-order chi connectivity index (χ0) is 21.7. The Labute approximate surface area is 182 Å². The number of hydrogen-bond acceptors (Lipinski definition) is 7. The molecule has 3 rings (SSSR count). The smallest absolute Gasteiger partial charge is 0.363 e. The minimum atomic E-state index is -0.620. The fourth-order valence-electron chi connectivity index (χ4n) is 2.58. The highest BCUT2D eigenvalue weighted by Gasteiger charge is 2.26. The molecule has 0 bridgehead atoms. The number of aliphatic imine (C=N–C) groups is 1. The van der Waals surface area contributed by atoms with Gasteiger partial charge < -0.3 is 18.9 Å². The number of benzene rings is 2. The Kier molecular flexibility index (Phi) is 6.97. The first kappa shape index (κ1) is 21.7. The zero-order valence-electron chi connectivity index (χ0n) is 16.1. The van der Waals surface area contributed by atoms with E-state index in [0.29, 0.717) is 28.5 Å². The Morgan fingerprint density at radius 2 is 1.93 bits per heavy atom. The van der Waals surface area contributed by atoms with Crippen molar-refractivity contribution in [3.63, 3.8) is 0 Å². The molecule has 1 aliphatic heterocycles. The maximum atomic E-state index is 12.3. The largest absolute Gasteiger partial charge is 0.490 e. The number of nitrogens with zero attached hydrogens (tertiary/aromatic N) is 1. The lowest BCUT2D eigenvalue weighted by molar-refractivity contribution is -0.143. The molecule has 0 saturated carbocycles. The van der Waals surface area contributed by atoms with Crippen molar-refractivity contribution in [1.82, 2.24) is 0 Å². The second-order valence-corrected chi connectivity index (χ2v) is 6.76. The third-order valence-corrected chi connectivity index (χ3v) is 4.53. The molecule has 0 atom stereocenters. The maximum Gasteiger partial charge on any atom is 0.363 e. The average molecular weight is 450 g/mol. The molecule has 156 valence electrons. The van der Waals surface area contributed by atoms with Crippen molar-refractivity contribution < 1.29 is 28.5 Å². The molecule has 30 heavy (non-hydrogen) atoms. The minimum Gasteiger partial charge on any atom is -0.490 e. The van der Waals surface area contributed by atoms with E-state index in [9.17, 15) is 9.59 Å². The van der Waals surface area contributed by atoms with E-state index >= 15 is 0 Å². The van der Waals surface area contributed by atoms with Gasteiger partial charge >= 0.3 is 11.9 Å². The number of carbonyl (C=O) groups excluding carboxylic acids is 2. The van der Waals surface area contributed by atoms with E-state index in [1.807, 2.05) is 0 Å². The van der Waals surface area contributed by atoms with Crippen molar-refractivity contribution in [3.05, 3.63) is 63.3 Å². The molecule has 1 heterocycles. The van der Waals surface area contributed by atoms with Crippen LogP contribution in [0.3, 0.4) is 0 Å². The van der Waals surface area contributed by atoms with Crippen molar-refractivity contribution >= 4 is 47.1 Å². The summed E-state index contributed by atoms with van der Waals surface area (Å²) in [5.41, 5.74) is 1.12. The number of ether oxygens (including phenoxy) is 4. The number of carbonyl (C=O) groups is 2. The van der Waals surface area contributed by atoms with Crippen LogP contribution in [0.4, 0.5) is 0 Å². The van der Waals surface area contributed by atoms with Gasteiger partial charge in [0, 0.05) is 0 Å². The highest BCUT2D eigenvalue weighted by atomic mass is 35.5. The molecule has 2 aromatic carbocycles. The Morgan fingerprint density at radius 3 is 2.63 bits per heavy atom. The SMILES string of the molecule is CCOc1cc(/C=C2\N=C(c3ccccc3Cl)OC2=O)cc(Cl)c1OCC(=O)OC. The van der Waals surface area contributed by atoms with E-state index in [1.54, 1.807) is 43.3 Å². The highest BCUT2D eigenvalue weighted by Crippen LogP contribution is 2.37. The number of hydrogen-bond donors (Lipinski definition) is 0. The first-order chi connectivity index (χ1) is 14.4. The van der Waals surface area contributed by atoms with Crippen molar-refractivity contribution in [1.29, 1.82) is 0 Å². The number of cyclic esters (lactones) is 1. The summed E-state index contributed by atoms with van der Waals surface area (Å²) in [5.74, 6) is -0.561. The number of halogens is 2. The quantitative estimate of drug-likeness (QED) is 0.463. The van der Waals surface area contributed by atoms with Gasteiger partial charge in [-0.1, -0.05) is 35.3 Å². The van der Waals surface area contributed by atoms with Gasteiger partial charge in [0.1, 0.15) is 0 Å². The molecule has 0 unspecified atom stereocenters. The number of methoxy groups -OCH3 is 1.